The molecule has 0 aliphatic heterocycles. The number of hydrogen-bond donors (Lipinski definition) is 2. The largest absolute Gasteiger partial charge is 0.756 e. The van der Waals surface area contributed by atoms with Crippen LogP contribution in [0.1, 0.15) is 142 Å². The van der Waals surface area contributed by atoms with E-state index in [0.717, 1.165) is 57.8 Å². The third-order valence-corrected chi connectivity index (χ3v) is 9.49. The summed E-state index contributed by atoms with van der Waals surface area (Å²) in [6.07, 6.45) is 30.3. The number of carbonyl (C=O) groups excluding carboxylic acids is 2. The van der Waals surface area contributed by atoms with E-state index in [-0.39, 0.29) is 45.3 Å². The van der Waals surface area contributed by atoms with Crippen molar-refractivity contribution in [1.29, 1.82) is 0 Å². The van der Waals surface area contributed by atoms with Crippen LogP contribution in [0.2, 0.25) is 0 Å². The highest BCUT2D eigenvalue weighted by Crippen LogP contribution is 2.38. The highest BCUT2D eigenvalue weighted by molar-refractivity contribution is 7.45. The van der Waals surface area contributed by atoms with Gasteiger partial charge in [-0.15, -0.1) is 0 Å². The summed E-state index contributed by atoms with van der Waals surface area (Å²) in [7, 11) is 0.977. The van der Waals surface area contributed by atoms with Crippen molar-refractivity contribution >= 4 is 19.8 Å². The predicted octanol–water partition coefficient (Wildman–Crippen LogP) is 8.44. The molecule has 3 unspecified atom stereocenters. The molecule has 11 nitrogen and oxygen atoms in total. The van der Waals surface area contributed by atoms with E-state index in [4.69, 9.17) is 18.5 Å². The summed E-state index contributed by atoms with van der Waals surface area (Å²) in [4.78, 5) is 37.4. The van der Waals surface area contributed by atoms with Gasteiger partial charge in [0.15, 0.2) is 6.10 Å². The molecule has 54 heavy (non-hydrogen) atoms. The molecule has 0 aliphatic carbocycles. The number of aliphatic hydroxyl groups is 2. The second-order valence-corrected chi connectivity index (χ2v) is 16.4. The van der Waals surface area contributed by atoms with Gasteiger partial charge in [0.1, 0.15) is 19.8 Å². The normalized spacial score (nSPS) is 15.3. The van der Waals surface area contributed by atoms with Gasteiger partial charge in [-0.1, -0.05) is 107 Å². The first-order valence-corrected chi connectivity index (χ1v) is 22.0. The van der Waals surface area contributed by atoms with Crippen molar-refractivity contribution in [2.24, 2.45) is 0 Å². The number of nitrogens with zero attached hydrogens (tertiary/aromatic N) is 1. The number of phosphoric ester groups is 1. The second-order valence-electron chi connectivity index (χ2n) is 14.9. The SMILES string of the molecule is CCCC/C=C\CCCCCCCC(=O)OC[C@H](COP(=O)([O-])OCC[N+](C)(C)C)OC(=O)CCCC(O)C(O)C/C=C\C/C=C\C/C=C\CCCCC. The number of carbonyl (C=O) groups is 2. The van der Waals surface area contributed by atoms with Gasteiger partial charge in [0, 0.05) is 12.8 Å². The molecular formula is C42H76NO10P. The molecule has 0 saturated heterocycles. The molecule has 4 atom stereocenters. The topological polar surface area (TPSA) is 152 Å². The zero-order valence-electron chi connectivity index (χ0n) is 34.4. The number of quaternary nitrogens is 1. The van der Waals surface area contributed by atoms with E-state index in [1.54, 1.807) is 0 Å². The Labute approximate surface area is 328 Å². The number of allylic oxidation sites excluding steroid dienone is 7. The van der Waals surface area contributed by atoms with Crippen LogP contribution >= 0.6 is 7.82 Å². The Kier molecular flexibility index (Phi) is 32.8. The fourth-order valence-electron chi connectivity index (χ4n) is 5.09. The molecule has 12 heteroatoms. The number of phosphoric acid groups is 1. The molecule has 0 aromatic rings. The summed E-state index contributed by atoms with van der Waals surface area (Å²) in [6.45, 7) is 3.78. The minimum Gasteiger partial charge on any atom is -0.756 e. The monoisotopic (exact) mass is 786 g/mol. The van der Waals surface area contributed by atoms with Gasteiger partial charge in [-0.3, -0.25) is 14.2 Å². The van der Waals surface area contributed by atoms with Crippen LogP contribution in [0.25, 0.3) is 0 Å². The molecule has 0 aliphatic rings. The van der Waals surface area contributed by atoms with Crippen molar-refractivity contribution in [3.63, 3.8) is 0 Å². The van der Waals surface area contributed by atoms with Gasteiger partial charge in [-0.05, 0) is 70.6 Å². The Morgan fingerprint density at radius 2 is 1.22 bits per heavy atom. The summed E-state index contributed by atoms with van der Waals surface area (Å²) < 4.78 is 33.5. The summed E-state index contributed by atoms with van der Waals surface area (Å²) in [5.41, 5.74) is 0. The molecule has 0 spiro atoms. The maximum atomic E-state index is 12.7. The molecular weight excluding hydrogens is 709 g/mol. The summed E-state index contributed by atoms with van der Waals surface area (Å²) >= 11 is 0. The Morgan fingerprint density at radius 1 is 0.667 bits per heavy atom. The van der Waals surface area contributed by atoms with Gasteiger partial charge in [0.05, 0.1) is 40.0 Å². The first-order valence-electron chi connectivity index (χ1n) is 20.5. The lowest BCUT2D eigenvalue weighted by molar-refractivity contribution is -0.870. The number of aliphatic hydroxyl groups excluding tert-OH is 2. The Balaban J connectivity index is 4.69. The molecule has 0 aromatic carbocycles. The molecule has 0 rings (SSSR count). The molecule has 0 aromatic heterocycles. The Morgan fingerprint density at radius 3 is 1.89 bits per heavy atom. The maximum Gasteiger partial charge on any atom is 0.306 e. The molecule has 314 valence electrons. The van der Waals surface area contributed by atoms with Crippen molar-refractivity contribution in [3.8, 4) is 0 Å². The number of hydrogen-bond acceptors (Lipinski definition) is 10. The fraction of sp³-hybridized carbons (Fsp3) is 0.762. The molecule has 2 N–H and O–H groups in total. The molecule has 0 fully saturated rings. The van der Waals surface area contributed by atoms with E-state index >= 15 is 0 Å². The van der Waals surface area contributed by atoms with Gasteiger partial charge in [-0.2, -0.15) is 0 Å². The zero-order chi connectivity index (χ0) is 40.3. The van der Waals surface area contributed by atoms with Crippen LogP contribution in [0, 0.1) is 0 Å². The predicted molar refractivity (Wildman–Crippen MR) is 216 cm³/mol. The van der Waals surface area contributed by atoms with Gasteiger partial charge in [0.2, 0.25) is 0 Å². The number of likely N-dealkylation sites (N-methyl/N-ethyl adjacent to an activating group) is 1. The summed E-state index contributed by atoms with van der Waals surface area (Å²) in [5, 5.41) is 20.7. The average Bonchev–Trinajstić information content (AvgIpc) is 3.11. The van der Waals surface area contributed by atoms with Gasteiger partial charge >= 0.3 is 11.9 Å². The minimum absolute atomic E-state index is 0.0858. The highest BCUT2D eigenvalue weighted by Gasteiger charge is 2.22. The number of ether oxygens (including phenoxy) is 2. The Hall–Kier alpha value is -2.11. The maximum absolute atomic E-state index is 12.7. The van der Waals surface area contributed by atoms with E-state index in [1.165, 1.54) is 32.1 Å². The van der Waals surface area contributed by atoms with Crippen LogP contribution < -0.4 is 4.89 Å². The number of esters is 2. The van der Waals surface area contributed by atoms with Gasteiger partial charge in [-0.25, -0.2) is 0 Å². The standard InChI is InChI=1S/C42H76NO10P/c1-6-8-10-12-14-16-18-20-21-23-25-27-30-39(44)40(45)31-29-33-42(47)53-38(37-52-54(48,49)51-35-34-43(3,4)5)36-50-41(46)32-28-26-24-22-19-17-15-13-11-9-7-2/h13-16,20-21,25,27,38-40,44-45H,6-12,17-19,22-24,26,28-37H2,1-5H3/b15-13-,16-14-,21-20-,27-25-/t38-,39?,40?/m1/s1. The second kappa shape index (κ2) is 34.2. The van der Waals surface area contributed by atoms with Crippen LogP contribution in [0.3, 0.4) is 0 Å². The Bertz CT molecular complexity index is 1100. The van der Waals surface area contributed by atoms with Crippen molar-refractivity contribution in [2.45, 2.75) is 161 Å². The average molecular weight is 786 g/mol. The van der Waals surface area contributed by atoms with Crippen LogP contribution in [0.4, 0.5) is 0 Å². The van der Waals surface area contributed by atoms with E-state index in [9.17, 15) is 29.3 Å². The quantitative estimate of drug-likeness (QED) is 0.0208. The van der Waals surface area contributed by atoms with Gasteiger partial charge in [0.25, 0.3) is 7.82 Å². The van der Waals surface area contributed by atoms with E-state index in [2.05, 4.69) is 50.3 Å². The van der Waals surface area contributed by atoms with Crippen LogP contribution in [-0.4, -0.2) is 92.5 Å². The van der Waals surface area contributed by atoms with Crippen molar-refractivity contribution in [2.75, 3.05) is 47.5 Å². The van der Waals surface area contributed by atoms with E-state index in [0.29, 0.717) is 17.4 Å². The summed E-state index contributed by atoms with van der Waals surface area (Å²) in [5.74, 6) is -1.14. The van der Waals surface area contributed by atoms with Crippen LogP contribution in [0.5, 0.6) is 0 Å². The lowest BCUT2D eigenvalue weighted by Crippen LogP contribution is -2.37. The zero-order valence-corrected chi connectivity index (χ0v) is 35.3. The molecule has 0 radical (unpaired) electrons. The summed E-state index contributed by atoms with van der Waals surface area (Å²) in [6, 6.07) is 0. The smallest absolute Gasteiger partial charge is 0.306 e. The minimum atomic E-state index is -4.70. The van der Waals surface area contributed by atoms with Crippen molar-refractivity contribution in [3.05, 3.63) is 48.6 Å². The van der Waals surface area contributed by atoms with Crippen molar-refractivity contribution < 1.29 is 52.3 Å². The lowest BCUT2D eigenvalue weighted by atomic mass is 10.0. The number of unbranched alkanes of at least 4 members (excludes halogenated alkanes) is 10. The van der Waals surface area contributed by atoms with Gasteiger partial charge < -0.3 is 38.1 Å². The van der Waals surface area contributed by atoms with E-state index in [1.807, 2.05) is 33.3 Å². The molecule has 0 amide bonds. The first-order chi connectivity index (χ1) is 25.8. The van der Waals surface area contributed by atoms with E-state index < -0.39 is 44.7 Å². The third kappa shape index (κ3) is 35.6. The molecule has 0 saturated carbocycles. The number of rotatable bonds is 36. The fourth-order valence-corrected chi connectivity index (χ4v) is 5.82. The van der Waals surface area contributed by atoms with Crippen molar-refractivity contribution in [1.82, 2.24) is 0 Å². The third-order valence-electron chi connectivity index (χ3n) is 8.52. The first kappa shape index (κ1) is 51.9. The van der Waals surface area contributed by atoms with Crippen LogP contribution in [-0.2, 0) is 32.7 Å². The van der Waals surface area contributed by atoms with Crippen LogP contribution in [0.15, 0.2) is 48.6 Å². The lowest BCUT2D eigenvalue weighted by Gasteiger charge is -2.28. The molecule has 0 bridgehead atoms. The highest BCUT2D eigenvalue weighted by atomic mass is 31.2. The molecule has 0 heterocycles.